The molecule has 1 aliphatic heterocycles. The molecule has 0 N–H and O–H groups in total. The molecule has 28 heavy (non-hydrogen) atoms. The second-order valence-electron chi connectivity index (χ2n) is 7.73. The van der Waals surface area contributed by atoms with E-state index in [-0.39, 0.29) is 5.41 Å². The Morgan fingerprint density at radius 2 is 1.14 bits per heavy atom. The quantitative estimate of drug-likeness (QED) is 0.387. The van der Waals surface area contributed by atoms with E-state index in [0.717, 1.165) is 16.9 Å². The summed E-state index contributed by atoms with van der Waals surface area (Å²) in [6, 6.07) is 32.0. The Balaban J connectivity index is 1.82. The second kappa shape index (κ2) is 6.35. The molecule has 0 spiro atoms. The van der Waals surface area contributed by atoms with Gasteiger partial charge in [-0.1, -0.05) is 80.6 Å². The lowest BCUT2D eigenvalue weighted by molar-refractivity contribution is 0.632. The third-order valence-electron chi connectivity index (χ3n) is 5.71. The summed E-state index contributed by atoms with van der Waals surface area (Å²) in [6.45, 7) is 4.62. The highest BCUT2D eigenvalue weighted by Crippen LogP contribution is 2.52. The molecule has 3 aromatic carbocycles. The Kier molecular flexibility index (Phi) is 3.80. The molecule has 0 radical (unpaired) electrons. The molecule has 0 atom stereocenters. The van der Waals surface area contributed by atoms with Crippen molar-refractivity contribution in [1.29, 1.82) is 0 Å². The zero-order valence-corrected chi connectivity index (χ0v) is 16.1. The van der Waals surface area contributed by atoms with Crippen molar-refractivity contribution in [3.63, 3.8) is 0 Å². The van der Waals surface area contributed by atoms with Crippen molar-refractivity contribution in [2.45, 2.75) is 19.3 Å². The first-order valence-corrected chi connectivity index (χ1v) is 9.67. The number of aromatic nitrogens is 1. The minimum absolute atomic E-state index is 0.0567. The Morgan fingerprint density at radius 1 is 0.607 bits per heavy atom. The molecule has 0 amide bonds. The first-order valence-electron chi connectivity index (χ1n) is 9.67. The molecule has 2 nitrogen and oxygen atoms in total. The molecule has 2 heteroatoms. The Hall–Kier alpha value is -3.39. The van der Waals surface area contributed by atoms with E-state index >= 15 is 0 Å². The van der Waals surface area contributed by atoms with Crippen molar-refractivity contribution < 1.29 is 0 Å². The third-order valence-corrected chi connectivity index (χ3v) is 5.71. The summed E-state index contributed by atoms with van der Waals surface area (Å²) in [5, 5.41) is 0. The maximum atomic E-state index is 4.76. The fourth-order valence-corrected chi connectivity index (χ4v) is 4.32. The van der Waals surface area contributed by atoms with Gasteiger partial charge in [0.2, 0.25) is 0 Å². The molecule has 0 saturated carbocycles. The fraction of sp³-hybridized carbons (Fsp3) is 0.115. The summed E-state index contributed by atoms with van der Waals surface area (Å²) in [4.78, 5) is 7.13. The fourth-order valence-electron chi connectivity index (χ4n) is 4.32. The standard InChI is InChI=1S/C26H22N2/c1-26(2)20-13-6-8-15-22(20)28(23-16-9-7-14-21(23)26)24-17-10-18-27-25(24)19-11-4-3-5-12-19/h3-18H,1-2H3. The Morgan fingerprint density at radius 3 is 1.79 bits per heavy atom. The van der Waals surface area contributed by atoms with Crippen molar-refractivity contribution in [3.05, 3.63) is 108 Å². The van der Waals surface area contributed by atoms with E-state index in [0.29, 0.717) is 0 Å². The average molecular weight is 362 g/mol. The van der Waals surface area contributed by atoms with Crippen LogP contribution in [-0.2, 0) is 5.41 Å². The van der Waals surface area contributed by atoms with E-state index in [4.69, 9.17) is 4.98 Å². The van der Waals surface area contributed by atoms with Crippen molar-refractivity contribution in [3.8, 4) is 11.3 Å². The lowest BCUT2D eigenvalue weighted by atomic mass is 9.73. The van der Waals surface area contributed by atoms with Crippen LogP contribution in [0.1, 0.15) is 25.0 Å². The van der Waals surface area contributed by atoms with Crippen LogP contribution in [0.2, 0.25) is 0 Å². The topological polar surface area (TPSA) is 16.1 Å². The maximum absolute atomic E-state index is 4.76. The van der Waals surface area contributed by atoms with Crippen LogP contribution in [0, 0.1) is 0 Å². The van der Waals surface area contributed by atoms with Gasteiger partial charge in [0, 0.05) is 17.2 Å². The number of pyridine rings is 1. The van der Waals surface area contributed by atoms with Crippen LogP contribution in [0.5, 0.6) is 0 Å². The Bertz CT molecular complexity index is 1100. The number of benzene rings is 3. The van der Waals surface area contributed by atoms with Crippen LogP contribution < -0.4 is 4.90 Å². The van der Waals surface area contributed by atoms with Gasteiger partial charge in [0.05, 0.1) is 22.8 Å². The Labute approximate surface area is 166 Å². The van der Waals surface area contributed by atoms with Crippen LogP contribution in [0.4, 0.5) is 17.1 Å². The van der Waals surface area contributed by atoms with Crippen LogP contribution in [0.25, 0.3) is 11.3 Å². The molecule has 136 valence electrons. The average Bonchev–Trinajstić information content (AvgIpc) is 2.75. The van der Waals surface area contributed by atoms with Gasteiger partial charge in [-0.25, -0.2) is 0 Å². The van der Waals surface area contributed by atoms with Gasteiger partial charge in [0.15, 0.2) is 0 Å². The minimum atomic E-state index is -0.0567. The van der Waals surface area contributed by atoms with E-state index in [1.54, 1.807) is 0 Å². The van der Waals surface area contributed by atoms with E-state index in [9.17, 15) is 0 Å². The summed E-state index contributed by atoms with van der Waals surface area (Å²) in [5.41, 5.74) is 8.26. The van der Waals surface area contributed by atoms with Crippen molar-refractivity contribution >= 4 is 17.1 Å². The molecule has 0 aliphatic carbocycles. The zero-order valence-electron chi connectivity index (χ0n) is 16.1. The van der Waals surface area contributed by atoms with Crippen molar-refractivity contribution in [2.24, 2.45) is 0 Å². The van der Waals surface area contributed by atoms with Gasteiger partial charge in [-0.15, -0.1) is 0 Å². The number of rotatable bonds is 2. The van der Waals surface area contributed by atoms with Gasteiger partial charge >= 0.3 is 0 Å². The van der Waals surface area contributed by atoms with Crippen molar-refractivity contribution in [2.75, 3.05) is 4.90 Å². The first-order chi connectivity index (χ1) is 13.7. The first kappa shape index (κ1) is 16.8. The largest absolute Gasteiger partial charge is 0.308 e. The van der Waals surface area contributed by atoms with Crippen LogP contribution >= 0.6 is 0 Å². The number of hydrogen-bond acceptors (Lipinski definition) is 2. The smallest absolute Gasteiger partial charge is 0.0942 e. The van der Waals surface area contributed by atoms with E-state index < -0.39 is 0 Å². The molecular formula is C26H22N2. The summed E-state index contributed by atoms with van der Waals surface area (Å²) in [6.07, 6.45) is 1.87. The summed E-state index contributed by atoms with van der Waals surface area (Å²) in [7, 11) is 0. The summed E-state index contributed by atoms with van der Waals surface area (Å²) < 4.78 is 0. The van der Waals surface area contributed by atoms with E-state index in [2.05, 4.69) is 97.6 Å². The molecule has 5 rings (SSSR count). The second-order valence-corrected chi connectivity index (χ2v) is 7.73. The number of anilines is 3. The molecule has 2 heterocycles. The van der Waals surface area contributed by atoms with Gasteiger partial charge < -0.3 is 4.90 Å². The van der Waals surface area contributed by atoms with Crippen molar-refractivity contribution in [1.82, 2.24) is 4.98 Å². The molecule has 0 saturated heterocycles. The van der Waals surface area contributed by atoms with Gasteiger partial charge in [-0.3, -0.25) is 4.98 Å². The monoisotopic (exact) mass is 362 g/mol. The van der Waals surface area contributed by atoms with Gasteiger partial charge in [0.1, 0.15) is 0 Å². The molecule has 0 fully saturated rings. The van der Waals surface area contributed by atoms with Gasteiger partial charge in [-0.2, -0.15) is 0 Å². The van der Waals surface area contributed by atoms with E-state index in [1.807, 2.05) is 18.3 Å². The maximum Gasteiger partial charge on any atom is 0.0942 e. The number of para-hydroxylation sites is 2. The minimum Gasteiger partial charge on any atom is -0.308 e. The lowest BCUT2D eigenvalue weighted by Gasteiger charge is -2.42. The van der Waals surface area contributed by atoms with Gasteiger partial charge in [0.25, 0.3) is 0 Å². The third kappa shape index (κ3) is 2.45. The van der Waals surface area contributed by atoms with E-state index in [1.165, 1.54) is 22.5 Å². The van der Waals surface area contributed by atoms with Gasteiger partial charge in [-0.05, 0) is 35.4 Å². The van der Waals surface area contributed by atoms with Crippen LogP contribution in [-0.4, -0.2) is 4.98 Å². The number of fused-ring (bicyclic) bond motifs is 2. The highest BCUT2D eigenvalue weighted by atomic mass is 15.2. The lowest BCUT2D eigenvalue weighted by Crippen LogP contribution is -2.30. The molecule has 0 bridgehead atoms. The molecule has 0 unspecified atom stereocenters. The van der Waals surface area contributed by atoms with Crippen LogP contribution in [0.15, 0.2) is 97.2 Å². The molecule has 1 aromatic heterocycles. The molecule has 4 aromatic rings. The summed E-state index contributed by atoms with van der Waals surface area (Å²) >= 11 is 0. The SMILES string of the molecule is CC1(C)c2ccccc2N(c2cccnc2-c2ccccc2)c2ccccc21. The number of hydrogen-bond donors (Lipinski definition) is 0. The van der Waals surface area contributed by atoms with Crippen LogP contribution in [0.3, 0.4) is 0 Å². The molecular weight excluding hydrogens is 340 g/mol. The predicted octanol–water partition coefficient (Wildman–Crippen LogP) is 6.86. The summed E-state index contributed by atoms with van der Waals surface area (Å²) in [5.74, 6) is 0. The zero-order chi connectivity index (χ0) is 19.1. The normalized spacial score (nSPS) is 14.3. The predicted molar refractivity (Wildman–Crippen MR) is 116 cm³/mol. The highest BCUT2D eigenvalue weighted by Gasteiger charge is 2.37. The highest BCUT2D eigenvalue weighted by molar-refractivity contribution is 5.91. The number of nitrogens with zero attached hydrogens (tertiary/aromatic N) is 2. The molecule has 1 aliphatic rings.